The van der Waals surface area contributed by atoms with Gasteiger partial charge in [-0.1, -0.05) is 47.5 Å². The third-order valence-corrected chi connectivity index (χ3v) is 3.07. The van der Waals surface area contributed by atoms with Crippen LogP contribution in [-0.2, 0) is 0 Å². The van der Waals surface area contributed by atoms with Crippen LogP contribution in [0.2, 0.25) is 5.02 Å². The van der Waals surface area contributed by atoms with Gasteiger partial charge in [0.1, 0.15) is 5.82 Å². The Morgan fingerprint density at radius 3 is 2.53 bits per heavy atom. The summed E-state index contributed by atoms with van der Waals surface area (Å²) in [5.41, 5.74) is 8.24. The Bertz CT molecular complexity index is 539. The van der Waals surface area contributed by atoms with Crippen molar-refractivity contribution in [3.05, 3.63) is 70.0 Å². The molecule has 0 aliphatic heterocycles. The van der Waals surface area contributed by atoms with Crippen molar-refractivity contribution in [3.63, 3.8) is 0 Å². The summed E-state index contributed by atoms with van der Waals surface area (Å²) in [6.45, 7) is 1.91. The van der Waals surface area contributed by atoms with E-state index in [1.165, 1.54) is 6.07 Å². The lowest BCUT2D eigenvalue weighted by Crippen LogP contribution is -2.14. The summed E-state index contributed by atoms with van der Waals surface area (Å²) in [6.07, 6.45) is 0. The van der Waals surface area contributed by atoms with E-state index in [2.05, 4.69) is 0 Å². The van der Waals surface area contributed by atoms with Gasteiger partial charge < -0.3 is 5.73 Å². The Kier molecular flexibility index (Phi) is 3.46. The lowest BCUT2D eigenvalue weighted by Gasteiger charge is -2.15. The summed E-state index contributed by atoms with van der Waals surface area (Å²) in [4.78, 5) is 0. The Morgan fingerprint density at radius 2 is 1.82 bits per heavy atom. The standard InChI is InChI=1S/C14H13ClFN/c1-9-6-7-13(16)11(8-9)14(17)10-4-2-3-5-12(10)15/h2-8,14H,17H2,1H3. The molecule has 0 aliphatic rings. The molecular formula is C14H13ClFN. The molecule has 17 heavy (non-hydrogen) atoms. The van der Waals surface area contributed by atoms with Crippen LogP contribution < -0.4 is 5.73 Å². The molecule has 0 heterocycles. The number of hydrogen-bond acceptors (Lipinski definition) is 1. The second-order valence-electron chi connectivity index (χ2n) is 4.02. The summed E-state index contributed by atoms with van der Waals surface area (Å²) < 4.78 is 13.7. The first-order chi connectivity index (χ1) is 8.09. The van der Waals surface area contributed by atoms with Crippen LogP contribution in [0.25, 0.3) is 0 Å². The molecule has 0 saturated carbocycles. The van der Waals surface area contributed by atoms with E-state index in [1.54, 1.807) is 18.2 Å². The molecule has 2 N–H and O–H groups in total. The van der Waals surface area contributed by atoms with Crippen molar-refractivity contribution in [1.29, 1.82) is 0 Å². The zero-order valence-corrected chi connectivity index (χ0v) is 10.2. The van der Waals surface area contributed by atoms with Gasteiger partial charge >= 0.3 is 0 Å². The van der Waals surface area contributed by atoms with Crippen molar-refractivity contribution in [2.24, 2.45) is 5.73 Å². The number of rotatable bonds is 2. The van der Waals surface area contributed by atoms with Crippen molar-refractivity contribution in [2.45, 2.75) is 13.0 Å². The number of benzene rings is 2. The summed E-state index contributed by atoms with van der Waals surface area (Å²) in [7, 11) is 0. The minimum Gasteiger partial charge on any atom is -0.320 e. The fraction of sp³-hybridized carbons (Fsp3) is 0.143. The first kappa shape index (κ1) is 12.1. The molecule has 0 fully saturated rings. The second kappa shape index (κ2) is 4.86. The molecule has 0 bridgehead atoms. The predicted molar refractivity (Wildman–Crippen MR) is 68.6 cm³/mol. The van der Waals surface area contributed by atoms with E-state index in [1.807, 2.05) is 25.1 Å². The van der Waals surface area contributed by atoms with Gasteiger partial charge in [-0.15, -0.1) is 0 Å². The van der Waals surface area contributed by atoms with Gasteiger partial charge in [0.05, 0.1) is 6.04 Å². The Labute approximate surface area is 105 Å². The van der Waals surface area contributed by atoms with Crippen LogP contribution in [0.4, 0.5) is 4.39 Å². The largest absolute Gasteiger partial charge is 0.320 e. The third-order valence-electron chi connectivity index (χ3n) is 2.73. The monoisotopic (exact) mass is 249 g/mol. The molecule has 1 unspecified atom stereocenters. The minimum atomic E-state index is -0.538. The van der Waals surface area contributed by atoms with Gasteiger partial charge in [0.2, 0.25) is 0 Å². The van der Waals surface area contributed by atoms with E-state index >= 15 is 0 Å². The molecule has 0 aliphatic carbocycles. The van der Waals surface area contributed by atoms with E-state index in [9.17, 15) is 4.39 Å². The van der Waals surface area contributed by atoms with Gasteiger partial charge in [-0.2, -0.15) is 0 Å². The highest BCUT2D eigenvalue weighted by Gasteiger charge is 2.15. The van der Waals surface area contributed by atoms with Gasteiger partial charge in [0, 0.05) is 10.6 Å². The molecular weight excluding hydrogens is 237 g/mol. The van der Waals surface area contributed by atoms with E-state index in [4.69, 9.17) is 17.3 Å². The zero-order chi connectivity index (χ0) is 12.4. The second-order valence-corrected chi connectivity index (χ2v) is 4.43. The summed E-state index contributed by atoms with van der Waals surface area (Å²) >= 11 is 6.06. The number of halogens is 2. The third kappa shape index (κ3) is 2.48. The fourth-order valence-electron chi connectivity index (χ4n) is 1.80. The number of aryl methyl sites for hydroxylation is 1. The molecule has 0 amide bonds. The number of nitrogens with two attached hydrogens (primary N) is 1. The highest BCUT2D eigenvalue weighted by atomic mass is 35.5. The van der Waals surface area contributed by atoms with Crippen LogP contribution in [-0.4, -0.2) is 0 Å². The molecule has 2 aromatic rings. The van der Waals surface area contributed by atoms with Crippen molar-refractivity contribution < 1.29 is 4.39 Å². The zero-order valence-electron chi connectivity index (χ0n) is 9.45. The molecule has 88 valence electrons. The van der Waals surface area contributed by atoms with Crippen molar-refractivity contribution >= 4 is 11.6 Å². The first-order valence-electron chi connectivity index (χ1n) is 5.35. The minimum absolute atomic E-state index is 0.303. The summed E-state index contributed by atoms with van der Waals surface area (Å²) in [5.74, 6) is -0.303. The van der Waals surface area contributed by atoms with E-state index in [0.717, 1.165) is 11.1 Å². The molecule has 0 aromatic heterocycles. The Balaban J connectivity index is 2.47. The first-order valence-corrected chi connectivity index (χ1v) is 5.73. The van der Waals surface area contributed by atoms with Crippen molar-refractivity contribution in [1.82, 2.24) is 0 Å². The van der Waals surface area contributed by atoms with E-state index < -0.39 is 6.04 Å². The molecule has 1 atom stereocenters. The predicted octanol–water partition coefficient (Wildman–Crippen LogP) is 3.84. The van der Waals surface area contributed by atoms with Gasteiger partial charge in [-0.3, -0.25) is 0 Å². The fourth-order valence-corrected chi connectivity index (χ4v) is 2.05. The van der Waals surface area contributed by atoms with Gasteiger partial charge in [-0.05, 0) is 24.6 Å². The highest BCUT2D eigenvalue weighted by molar-refractivity contribution is 6.31. The van der Waals surface area contributed by atoms with Crippen molar-refractivity contribution in [3.8, 4) is 0 Å². The lowest BCUT2D eigenvalue weighted by molar-refractivity contribution is 0.599. The van der Waals surface area contributed by atoms with Crippen LogP contribution in [0.1, 0.15) is 22.7 Å². The molecule has 3 heteroatoms. The van der Waals surface area contributed by atoms with Crippen LogP contribution in [0, 0.1) is 12.7 Å². The van der Waals surface area contributed by atoms with Gasteiger partial charge in [0.25, 0.3) is 0 Å². The summed E-state index contributed by atoms with van der Waals surface area (Å²) in [5, 5.41) is 0.556. The SMILES string of the molecule is Cc1ccc(F)c(C(N)c2ccccc2Cl)c1. The quantitative estimate of drug-likeness (QED) is 0.860. The normalized spacial score (nSPS) is 12.5. The average molecular weight is 250 g/mol. The molecule has 0 radical (unpaired) electrons. The number of hydrogen-bond donors (Lipinski definition) is 1. The topological polar surface area (TPSA) is 26.0 Å². The average Bonchev–Trinajstić information content (AvgIpc) is 2.32. The molecule has 2 rings (SSSR count). The van der Waals surface area contributed by atoms with Crippen LogP contribution in [0.5, 0.6) is 0 Å². The molecule has 0 spiro atoms. The van der Waals surface area contributed by atoms with Crippen LogP contribution >= 0.6 is 11.6 Å². The molecule has 2 aromatic carbocycles. The van der Waals surface area contributed by atoms with Crippen molar-refractivity contribution in [2.75, 3.05) is 0 Å². The van der Waals surface area contributed by atoms with Crippen LogP contribution in [0.3, 0.4) is 0 Å². The maximum Gasteiger partial charge on any atom is 0.128 e. The van der Waals surface area contributed by atoms with E-state index in [0.29, 0.717) is 10.6 Å². The molecule has 0 saturated heterocycles. The smallest absolute Gasteiger partial charge is 0.128 e. The van der Waals surface area contributed by atoms with E-state index in [-0.39, 0.29) is 5.82 Å². The lowest BCUT2D eigenvalue weighted by atomic mass is 9.97. The van der Waals surface area contributed by atoms with Crippen LogP contribution in [0.15, 0.2) is 42.5 Å². The highest BCUT2D eigenvalue weighted by Crippen LogP contribution is 2.28. The van der Waals surface area contributed by atoms with Gasteiger partial charge in [-0.25, -0.2) is 4.39 Å². The maximum atomic E-state index is 13.7. The summed E-state index contributed by atoms with van der Waals surface area (Å²) in [6, 6.07) is 11.6. The molecule has 1 nitrogen and oxygen atoms in total. The van der Waals surface area contributed by atoms with Gasteiger partial charge in [0.15, 0.2) is 0 Å². The maximum absolute atomic E-state index is 13.7. The Morgan fingerprint density at radius 1 is 1.12 bits per heavy atom. The Hall–Kier alpha value is -1.38.